The van der Waals surface area contributed by atoms with E-state index in [1.165, 1.54) is 6.07 Å². The summed E-state index contributed by atoms with van der Waals surface area (Å²) in [5.41, 5.74) is 1.77. The lowest BCUT2D eigenvalue weighted by atomic mass is 9.97. The van der Waals surface area contributed by atoms with Crippen LogP contribution in [0.25, 0.3) is 0 Å². The van der Waals surface area contributed by atoms with Gasteiger partial charge in [0.1, 0.15) is 5.75 Å². The summed E-state index contributed by atoms with van der Waals surface area (Å²) in [4.78, 5) is 29.0. The molecule has 1 amide bonds. The molecule has 0 saturated carbocycles. The molecule has 0 unspecified atom stereocenters. The number of amides is 1. The zero-order chi connectivity index (χ0) is 20.3. The zero-order valence-corrected chi connectivity index (χ0v) is 17.1. The average Bonchev–Trinajstić information content (AvgIpc) is 2.67. The molecule has 3 rings (SSSR count). The van der Waals surface area contributed by atoms with Gasteiger partial charge in [0.05, 0.1) is 12.6 Å². The normalized spacial score (nSPS) is 16.1. The third-order valence-electron chi connectivity index (χ3n) is 5.46. The molecule has 28 heavy (non-hydrogen) atoms. The van der Waals surface area contributed by atoms with E-state index in [1.807, 2.05) is 30.0 Å². The number of nitrogens with zero attached hydrogens (tertiary/aromatic N) is 3. The third kappa shape index (κ3) is 4.21. The summed E-state index contributed by atoms with van der Waals surface area (Å²) >= 11 is 0. The number of aryl methyl sites for hydroxylation is 1. The molecule has 1 aliphatic heterocycles. The molecule has 6 heteroatoms. The van der Waals surface area contributed by atoms with Crippen LogP contribution in [0.2, 0.25) is 0 Å². The molecule has 0 bridgehead atoms. The van der Waals surface area contributed by atoms with Gasteiger partial charge in [-0.3, -0.25) is 9.59 Å². The van der Waals surface area contributed by atoms with Gasteiger partial charge in [0.15, 0.2) is 0 Å². The van der Waals surface area contributed by atoms with E-state index >= 15 is 0 Å². The number of methoxy groups -OCH3 is 1. The van der Waals surface area contributed by atoms with Crippen LogP contribution in [0.1, 0.15) is 26.0 Å². The number of benzene rings is 1. The lowest BCUT2D eigenvalue weighted by molar-refractivity contribution is -0.132. The van der Waals surface area contributed by atoms with E-state index in [0.717, 1.165) is 23.7 Å². The Morgan fingerprint density at radius 2 is 1.82 bits per heavy atom. The van der Waals surface area contributed by atoms with Crippen molar-refractivity contribution in [2.24, 2.45) is 0 Å². The molecule has 1 fully saturated rings. The van der Waals surface area contributed by atoms with E-state index in [1.54, 1.807) is 17.7 Å². The molecule has 0 aliphatic carbocycles. The van der Waals surface area contributed by atoms with Gasteiger partial charge in [-0.25, -0.2) is 0 Å². The van der Waals surface area contributed by atoms with Gasteiger partial charge < -0.3 is 19.1 Å². The Kier molecular flexibility index (Phi) is 5.77. The molecule has 1 aromatic heterocycles. The summed E-state index contributed by atoms with van der Waals surface area (Å²) < 4.78 is 6.90. The topological polar surface area (TPSA) is 54.8 Å². The van der Waals surface area contributed by atoms with Gasteiger partial charge in [-0.05, 0) is 51.1 Å². The first kappa shape index (κ1) is 20.0. The number of rotatable bonds is 5. The van der Waals surface area contributed by atoms with Crippen LogP contribution in [0.5, 0.6) is 5.75 Å². The largest absolute Gasteiger partial charge is 0.497 e. The molecule has 6 nitrogen and oxygen atoms in total. The molecule has 150 valence electrons. The molecule has 1 aliphatic rings. The summed E-state index contributed by atoms with van der Waals surface area (Å²) in [6.07, 6.45) is 0.337. The maximum Gasteiger partial charge on any atom is 0.250 e. The molecule has 0 atom stereocenters. The minimum Gasteiger partial charge on any atom is -0.497 e. The first-order valence-corrected chi connectivity index (χ1v) is 9.68. The number of aromatic nitrogens is 1. The summed E-state index contributed by atoms with van der Waals surface area (Å²) in [7, 11) is 1.66. The Balaban J connectivity index is 1.64. The number of piperazine rings is 1. The highest BCUT2D eigenvalue weighted by Gasteiger charge is 2.35. The second-order valence-corrected chi connectivity index (χ2v) is 7.88. The van der Waals surface area contributed by atoms with E-state index < -0.39 is 0 Å². The lowest BCUT2D eigenvalue weighted by Gasteiger charge is -2.48. The van der Waals surface area contributed by atoms with Crippen molar-refractivity contribution in [2.45, 2.75) is 39.3 Å². The molecule has 0 radical (unpaired) electrons. The fourth-order valence-electron chi connectivity index (χ4n) is 3.88. The second kappa shape index (κ2) is 8.09. The van der Waals surface area contributed by atoms with Crippen LogP contribution < -0.4 is 15.2 Å². The average molecular weight is 383 g/mol. The molecule has 0 N–H and O–H groups in total. The predicted molar refractivity (Wildman–Crippen MR) is 111 cm³/mol. The number of anilines is 1. The number of hydrogen-bond acceptors (Lipinski definition) is 4. The monoisotopic (exact) mass is 383 g/mol. The highest BCUT2D eigenvalue weighted by molar-refractivity contribution is 5.76. The van der Waals surface area contributed by atoms with E-state index in [9.17, 15) is 9.59 Å². The quantitative estimate of drug-likeness (QED) is 0.797. The van der Waals surface area contributed by atoms with Gasteiger partial charge >= 0.3 is 0 Å². The number of carbonyl (C=O) groups excluding carboxylic acids is 1. The first-order chi connectivity index (χ1) is 13.3. The fraction of sp³-hybridized carbons (Fsp3) is 0.455. The van der Waals surface area contributed by atoms with Crippen LogP contribution in [0.15, 0.2) is 47.3 Å². The third-order valence-corrected chi connectivity index (χ3v) is 5.46. The predicted octanol–water partition coefficient (Wildman–Crippen LogP) is 2.68. The van der Waals surface area contributed by atoms with Crippen molar-refractivity contribution in [2.75, 3.05) is 31.6 Å². The van der Waals surface area contributed by atoms with Gasteiger partial charge in [-0.1, -0.05) is 6.07 Å². The van der Waals surface area contributed by atoms with Crippen molar-refractivity contribution in [3.8, 4) is 5.75 Å². The molecule has 1 saturated heterocycles. The highest BCUT2D eigenvalue weighted by Crippen LogP contribution is 2.29. The van der Waals surface area contributed by atoms with Gasteiger partial charge in [0.2, 0.25) is 5.91 Å². The van der Waals surface area contributed by atoms with E-state index in [0.29, 0.717) is 26.1 Å². The molecule has 2 heterocycles. The van der Waals surface area contributed by atoms with Crippen molar-refractivity contribution in [3.05, 3.63) is 58.5 Å². The fourth-order valence-corrected chi connectivity index (χ4v) is 3.88. The van der Waals surface area contributed by atoms with E-state index in [2.05, 4.69) is 30.9 Å². The number of hydrogen-bond donors (Lipinski definition) is 0. The lowest BCUT2D eigenvalue weighted by Crippen LogP contribution is -2.60. The highest BCUT2D eigenvalue weighted by atomic mass is 16.5. The first-order valence-electron chi connectivity index (χ1n) is 9.68. The number of ether oxygens (including phenoxy) is 1. The number of carbonyl (C=O) groups is 1. The van der Waals surface area contributed by atoms with Gasteiger partial charge in [0.25, 0.3) is 5.56 Å². The van der Waals surface area contributed by atoms with Crippen LogP contribution in [-0.2, 0) is 11.3 Å². The van der Waals surface area contributed by atoms with Gasteiger partial charge in [-0.2, -0.15) is 0 Å². The second-order valence-electron chi connectivity index (χ2n) is 7.88. The molecular formula is C22H29N3O3. The van der Waals surface area contributed by atoms with Crippen molar-refractivity contribution in [3.63, 3.8) is 0 Å². The molecule has 1 aromatic carbocycles. The maximum absolute atomic E-state index is 12.8. The maximum atomic E-state index is 12.8. The van der Waals surface area contributed by atoms with Crippen molar-refractivity contribution >= 4 is 11.6 Å². The van der Waals surface area contributed by atoms with Crippen LogP contribution in [-0.4, -0.2) is 47.7 Å². The van der Waals surface area contributed by atoms with Crippen molar-refractivity contribution in [1.82, 2.24) is 9.47 Å². The Hall–Kier alpha value is -2.76. The van der Waals surface area contributed by atoms with Crippen LogP contribution in [0, 0.1) is 6.92 Å². The summed E-state index contributed by atoms with van der Waals surface area (Å²) in [5, 5.41) is 0. The Morgan fingerprint density at radius 1 is 1.11 bits per heavy atom. The minimum absolute atomic E-state index is 0.0579. The molecule has 2 aromatic rings. The van der Waals surface area contributed by atoms with Gasteiger partial charge in [-0.15, -0.1) is 0 Å². The Labute approximate surface area is 166 Å². The Morgan fingerprint density at radius 3 is 2.43 bits per heavy atom. The summed E-state index contributed by atoms with van der Waals surface area (Å²) in [5.74, 6) is 0.930. The zero-order valence-electron chi connectivity index (χ0n) is 17.1. The van der Waals surface area contributed by atoms with E-state index in [4.69, 9.17) is 4.74 Å². The Bertz CT molecular complexity index is 887. The summed E-state index contributed by atoms with van der Waals surface area (Å²) in [6, 6.07) is 13.2. The smallest absolute Gasteiger partial charge is 0.250 e. The number of pyridine rings is 1. The summed E-state index contributed by atoms with van der Waals surface area (Å²) in [6.45, 7) is 8.73. The van der Waals surface area contributed by atoms with E-state index in [-0.39, 0.29) is 17.0 Å². The molecule has 0 spiro atoms. The van der Waals surface area contributed by atoms with Crippen LogP contribution >= 0.6 is 0 Å². The van der Waals surface area contributed by atoms with Crippen molar-refractivity contribution < 1.29 is 9.53 Å². The van der Waals surface area contributed by atoms with Gasteiger partial charge in [0, 0.05) is 50.0 Å². The van der Waals surface area contributed by atoms with Crippen molar-refractivity contribution in [1.29, 1.82) is 0 Å². The van der Waals surface area contributed by atoms with Crippen LogP contribution in [0.3, 0.4) is 0 Å². The van der Waals surface area contributed by atoms with Crippen LogP contribution in [0.4, 0.5) is 5.69 Å². The SMILES string of the molecule is COc1ccc(N2CCN(C(=O)CCn3c(C)cccc3=O)CC2(C)C)cc1. The standard InChI is InChI=1S/C22H29N3O3/c1-17-6-5-7-21(27)24(17)13-12-20(26)23-14-15-25(22(2,3)16-23)18-8-10-19(28-4)11-9-18/h5-11H,12-16H2,1-4H3. The minimum atomic E-state index is -0.179. The molecular weight excluding hydrogens is 354 g/mol.